The number of Topliss-reactive ketones (excluding diaryl/α,β-unsaturated/α-hetero) is 1. The lowest BCUT2D eigenvalue weighted by atomic mass is 9.82. The van der Waals surface area contributed by atoms with Gasteiger partial charge in [0.15, 0.2) is 17.3 Å². The van der Waals surface area contributed by atoms with Crippen LogP contribution in [0.3, 0.4) is 0 Å². The standard InChI is InChI=1S/C15H21NO3.ClH/c1-16(2)9-11-6-5-10-7-13(18-3)14(19-4)8-12(10)15(11)17;/h7-8,11H,5-6,9H2,1-4H3;1H. The smallest absolute Gasteiger partial charge is 0.171 e. The van der Waals surface area contributed by atoms with Gasteiger partial charge >= 0.3 is 0 Å². The molecule has 4 nitrogen and oxygen atoms in total. The van der Waals surface area contributed by atoms with E-state index >= 15 is 0 Å². The van der Waals surface area contributed by atoms with E-state index in [2.05, 4.69) is 14.1 Å². The Morgan fingerprint density at radius 3 is 2.35 bits per heavy atom. The lowest BCUT2D eigenvalue weighted by Crippen LogP contribution is -3.06. The summed E-state index contributed by atoms with van der Waals surface area (Å²) < 4.78 is 10.6. The quantitative estimate of drug-likeness (QED) is 0.674. The monoisotopic (exact) mass is 299 g/mol. The number of nitrogens with one attached hydrogen (secondary N) is 1. The van der Waals surface area contributed by atoms with E-state index in [1.165, 1.54) is 4.90 Å². The first-order chi connectivity index (χ1) is 9.06. The number of hydrogen-bond acceptors (Lipinski definition) is 3. The van der Waals surface area contributed by atoms with E-state index < -0.39 is 0 Å². The highest BCUT2D eigenvalue weighted by Gasteiger charge is 2.30. The van der Waals surface area contributed by atoms with Gasteiger partial charge in [-0.15, -0.1) is 0 Å². The number of rotatable bonds is 4. The van der Waals surface area contributed by atoms with Crippen LogP contribution in [-0.4, -0.2) is 40.6 Å². The maximum atomic E-state index is 12.5. The molecule has 2 rings (SSSR count). The largest absolute Gasteiger partial charge is 1.00 e. The van der Waals surface area contributed by atoms with Crippen LogP contribution in [0.25, 0.3) is 0 Å². The van der Waals surface area contributed by atoms with Gasteiger partial charge in [-0.1, -0.05) is 0 Å². The Kier molecular flexibility index (Phi) is 5.84. The maximum absolute atomic E-state index is 12.5. The van der Waals surface area contributed by atoms with E-state index in [0.29, 0.717) is 11.5 Å². The fraction of sp³-hybridized carbons (Fsp3) is 0.533. The summed E-state index contributed by atoms with van der Waals surface area (Å²) in [5, 5.41) is 0. The van der Waals surface area contributed by atoms with Crippen LogP contribution >= 0.6 is 0 Å². The first-order valence-electron chi connectivity index (χ1n) is 6.65. The molecule has 1 N–H and O–H groups in total. The van der Waals surface area contributed by atoms with Gasteiger partial charge in [0.1, 0.15) is 0 Å². The van der Waals surface area contributed by atoms with Crippen LogP contribution in [-0.2, 0) is 6.42 Å². The molecule has 0 spiro atoms. The third-order valence-corrected chi connectivity index (χ3v) is 3.66. The Morgan fingerprint density at radius 2 is 1.80 bits per heavy atom. The summed E-state index contributed by atoms with van der Waals surface area (Å²) in [6.07, 6.45) is 1.85. The van der Waals surface area contributed by atoms with Gasteiger partial charge in [-0.05, 0) is 30.5 Å². The second kappa shape index (κ2) is 6.95. The third-order valence-electron chi connectivity index (χ3n) is 3.66. The van der Waals surface area contributed by atoms with Crippen molar-refractivity contribution in [1.29, 1.82) is 0 Å². The van der Waals surface area contributed by atoms with Gasteiger partial charge in [0.2, 0.25) is 0 Å². The normalized spacial score (nSPS) is 17.4. The molecule has 1 atom stereocenters. The van der Waals surface area contributed by atoms with Crippen molar-refractivity contribution >= 4 is 5.78 Å². The summed E-state index contributed by atoms with van der Waals surface area (Å²) in [4.78, 5) is 13.8. The second-order valence-corrected chi connectivity index (χ2v) is 5.38. The van der Waals surface area contributed by atoms with E-state index in [-0.39, 0.29) is 24.1 Å². The van der Waals surface area contributed by atoms with Crippen molar-refractivity contribution in [2.45, 2.75) is 12.8 Å². The van der Waals surface area contributed by atoms with Crippen LogP contribution < -0.4 is 26.8 Å². The van der Waals surface area contributed by atoms with Crippen LogP contribution in [0.5, 0.6) is 11.5 Å². The molecule has 1 unspecified atom stereocenters. The van der Waals surface area contributed by atoms with Gasteiger partial charge in [-0.3, -0.25) is 4.79 Å². The molecule has 112 valence electrons. The highest BCUT2D eigenvalue weighted by molar-refractivity contribution is 6.01. The number of benzene rings is 1. The topological polar surface area (TPSA) is 40.0 Å². The second-order valence-electron chi connectivity index (χ2n) is 5.38. The zero-order valence-corrected chi connectivity index (χ0v) is 13.2. The number of ketones is 1. The van der Waals surface area contributed by atoms with Gasteiger partial charge in [-0.2, -0.15) is 0 Å². The first-order valence-corrected chi connectivity index (χ1v) is 6.65. The molecule has 0 aliphatic heterocycles. The predicted molar refractivity (Wildman–Crippen MR) is 73.4 cm³/mol. The van der Waals surface area contributed by atoms with Gasteiger partial charge in [0.05, 0.1) is 40.8 Å². The predicted octanol–water partition coefficient (Wildman–Crippen LogP) is -2.40. The molecule has 0 fully saturated rings. The lowest BCUT2D eigenvalue weighted by Gasteiger charge is -2.25. The van der Waals surface area contributed by atoms with Crippen LogP contribution in [0.2, 0.25) is 0 Å². The summed E-state index contributed by atoms with van der Waals surface area (Å²) in [6, 6.07) is 3.76. The number of carbonyl (C=O) groups excluding carboxylic acids is 1. The van der Waals surface area contributed by atoms with Crippen LogP contribution in [0.4, 0.5) is 0 Å². The molecule has 1 aliphatic rings. The highest BCUT2D eigenvalue weighted by atomic mass is 35.5. The van der Waals surface area contributed by atoms with E-state index in [0.717, 1.165) is 30.5 Å². The van der Waals surface area contributed by atoms with Gasteiger partial charge < -0.3 is 26.8 Å². The average molecular weight is 300 g/mol. The summed E-state index contributed by atoms with van der Waals surface area (Å²) in [7, 11) is 7.38. The summed E-state index contributed by atoms with van der Waals surface area (Å²) in [5.41, 5.74) is 1.88. The van der Waals surface area contributed by atoms with Crippen LogP contribution in [0.15, 0.2) is 12.1 Å². The molecular formula is C15H22ClNO3. The molecule has 1 aliphatic carbocycles. The molecule has 0 saturated heterocycles. The number of fused-ring (bicyclic) bond motifs is 1. The van der Waals surface area contributed by atoms with Crippen molar-refractivity contribution in [2.75, 3.05) is 34.9 Å². The molecule has 0 saturated carbocycles. The summed E-state index contributed by atoms with van der Waals surface area (Å²) in [6.45, 7) is 0.882. The van der Waals surface area contributed by atoms with Crippen molar-refractivity contribution in [2.24, 2.45) is 5.92 Å². The Bertz CT molecular complexity index is 488. The number of aryl methyl sites for hydroxylation is 1. The molecule has 0 bridgehead atoms. The summed E-state index contributed by atoms with van der Waals surface area (Å²) >= 11 is 0. The van der Waals surface area contributed by atoms with Crippen molar-refractivity contribution in [3.05, 3.63) is 23.3 Å². The Labute approximate surface area is 126 Å². The number of quaternary nitrogens is 1. The number of halogens is 1. The minimum atomic E-state index is 0. The molecule has 0 aromatic heterocycles. The summed E-state index contributed by atoms with van der Waals surface area (Å²) in [5.74, 6) is 1.69. The average Bonchev–Trinajstić information content (AvgIpc) is 2.40. The number of ether oxygens (including phenoxy) is 2. The molecular weight excluding hydrogens is 278 g/mol. The molecule has 20 heavy (non-hydrogen) atoms. The van der Waals surface area contributed by atoms with Gasteiger partial charge in [-0.25, -0.2) is 0 Å². The minimum Gasteiger partial charge on any atom is -1.00 e. The van der Waals surface area contributed by atoms with E-state index in [1.807, 2.05) is 12.1 Å². The highest BCUT2D eigenvalue weighted by Crippen LogP contribution is 2.35. The fourth-order valence-corrected chi connectivity index (χ4v) is 2.73. The third kappa shape index (κ3) is 3.25. The van der Waals surface area contributed by atoms with Crippen LogP contribution in [0, 0.1) is 5.92 Å². The molecule has 0 heterocycles. The van der Waals surface area contributed by atoms with E-state index in [4.69, 9.17) is 9.47 Å². The SMILES string of the molecule is COc1cc2c(cc1OC)C(=O)C(C[NH+](C)C)CC2.[Cl-]. The zero-order valence-electron chi connectivity index (χ0n) is 12.5. The first kappa shape index (κ1) is 16.8. The minimum absolute atomic E-state index is 0. The molecule has 5 heteroatoms. The Morgan fingerprint density at radius 1 is 1.20 bits per heavy atom. The Hall–Kier alpha value is -1.26. The Balaban J connectivity index is 0.00000200. The van der Waals surface area contributed by atoms with Crippen molar-refractivity contribution in [3.63, 3.8) is 0 Å². The number of methoxy groups -OCH3 is 2. The lowest BCUT2D eigenvalue weighted by molar-refractivity contribution is -0.860. The van der Waals surface area contributed by atoms with Crippen molar-refractivity contribution in [1.82, 2.24) is 0 Å². The number of carbonyl (C=O) groups is 1. The maximum Gasteiger partial charge on any atom is 0.171 e. The fourth-order valence-electron chi connectivity index (χ4n) is 2.73. The number of hydrogen-bond donors (Lipinski definition) is 1. The van der Waals surface area contributed by atoms with Crippen molar-refractivity contribution in [3.8, 4) is 11.5 Å². The zero-order chi connectivity index (χ0) is 14.0. The van der Waals surface area contributed by atoms with E-state index in [1.54, 1.807) is 14.2 Å². The van der Waals surface area contributed by atoms with Crippen LogP contribution in [0.1, 0.15) is 22.3 Å². The molecule has 0 radical (unpaired) electrons. The molecule has 0 amide bonds. The van der Waals surface area contributed by atoms with Crippen molar-refractivity contribution < 1.29 is 31.6 Å². The molecule has 1 aromatic rings. The van der Waals surface area contributed by atoms with Gasteiger partial charge in [0.25, 0.3) is 0 Å². The van der Waals surface area contributed by atoms with E-state index in [9.17, 15) is 4.79 Å². The van der Waals surface area contributed by atoms with Gasteiger partial charge in [0, 0.05) is 5.56 Å². The molecule has 1 aromatic carbocycles.